The number of amides is 1. The Hall–Kier alpha value is -2.05. The molecule has 0 unspecified atom stereocenters. The predicted molar refractivity (Wildman–Crippen MR) is 109 cm³/mol. The molecule has 0 aromatic heterocycles. The van der Waals surface area contributed by atoms with E-state index in [2.05, 4.69) is 20.8 Å². The lowest BCUT2D eigenvalue weighted by molar-refractivity contribution is -0.146. The van der Waals surface area contributed by atoms with Crippen molar-refractivity contribution in [3.8, 4) is 6.07 Å². The summed E-state index contributed by atoms with van der Waals surface area (Å²) in [5.41, 5.74) is 7.03. The van der Waals surface area contributed by atoms with Crippen LogP contribution in [0.2, 0.25) is 0 Å². The highest BCUT2D eigenvalue weighted by atomic mass is 33.1. The van der Waals surface area contributed by atoms with Crippen molar-refractivity contribution in [2.24, 2.45) is 0 Å². The SMILES string of the molecule is CN(C(=O)OCc1ccc(N)cc1)[C@@H](CSSC(C)(C)C)C(=O)OCC#N. The summed E-state index contributed by atoms with van der Waals surface area (Å²) in [6.07, 6.45) is -0.646. The maximum Gasteiger partial charge on any atom is 0.410 e. The van der Waals surface area contributed by atoms with Gasteiger partial charge in [0.2, 0.25) is 0 Å². The van der Waals surface area contributed by atoms with E-state index in [1.165, 1.54) is 22.7 Å². The summed E-state index contributed by atoms with van der Waals surface area (Å²) in [5, 5.41) is 8.61. The monoisotopic (exact) mass is 411 g/mol. The topological polar surface area (TPSA) is 106 Å². The number of nitrogen functional groups attached to an aromatic ring is 1. The molecule has 0 aliphatic rings. The van der Waals surface area contributed by atoms with Gasteiger partial charge in [0, 0.05) is 23.2 Å². The summed E-state index contributed by atoms with van der Waals surface area (Å²) in [6.45, 7) is 5.86. The molecule has 0 saturated carbocycles. The summed E-state index contributed by atoms with van der Waals surface area (Å²) in [5.74, 6) is -0.315. The van der Waals surface area contributed by atoms with Gasteiger partial charge in [-0.3, -0.25) is 4.90 Å². The van der Waals surface area contributed by atoms with Crippen LogP contribution in [-0.2, 0) is 20.9 Å². The van der Waals surface area contributed by atoms with Gasteiger partial charge in [-0.25, -0.2) is 9.59 Å². The van der Waals surface area contributed by atoms with Crippen LogP contribution in [0, 0.1) is 11.3 Å². The maximum atomic E-state index is 12.4. The minimum absolute atomic E-state index is 0.0000104. The molecule has 27 heavy (non-hydrogen) atoms. The van der Waals surface area contributed by atoms with Gasteiger partial charge < -0.3 is 15.2 Å². The number of ether oxygens (including phenoxy) is 2. The molecule has 0 fully saturated rings. The molecule has 1 aromatic carbocycles. The third-order valence-corrected chi connectivity index (χ3v) is 6.51. The molecule has 9 heteroatoms. The Morgan fingerprint density at radius 3 is 2.44 bits per heavy atom. The molecule has 1 rings (SSSR count). The van der Waals surface area contributed by atoms with Crippen molar-refractivity contribution in [3.05, 3.63) is 29.8 Å². The van der Waals surface area contributed by atoms with Crippen LogP contribution in [-0.4, -0.2) is 47.2 Å². The van der Waals surface area contributed by atoms with E-state index in [1.54, 1.807) is 41.1 Å². The van der Waals surface area contributed by atoms with Crippen molar-refractivity contribution in [1.29, 1.82) is 5.26 Å². The van der Waals surface area contributed by atoms with Crippen molar-refractivity contribution < 1.29 is 19.1 Å². The smallest absolute Gasteiger partial charge is 0.410 e. The Morgan fingerprint density at radius 1 is 1.26 bits per heavy atom. The van der Waals surface area contributed by atoms with E-state index in [-0.39, 0.29) is 18.0 Å². The lowest BCUT2D eigenvalue weighted by Gasteiger charge is -2.26. The fourth-order valence-corrected chi connectivity index (χ4v) is 4.36. The number of hydrogen-bond acceptors (Lipinski definition) is 8. The molecule has 0 aliphatic carbocycles. The standard InChI is InChI=1S/C18H25N3O4S2/c1-18(2,3)27-26-12-15(16(22)24-10-9-19)21(4)17(23)25-11-13-5-7-14(20)8-6-13/h5-8,15H,10-12,20H2,1-4H3/t15-/m0/s1. The van der Waals surface area contributed by atoms with E-state index in [0.717, 1.165) is 5.56 Å². The Morgan fingerprint density at radius 2 is 1.89 bits per heavy atom. The Labute approximate surface area is 167 Å². The van der Waals surface area contributed by atoms with Crippen LogP contribution in [0.1, 0.15) is 26.3 Å². The summed E-state index contributed by atoms with van der Waals surface area (Å²) < 4.78 is 10.2. The highest BCUT2D eigenvalue weighted by Gasteiger charge is 2.30. The van der Waals surface area contributed by atoms with Gasteiger partial charge in [0.15, 0.2) is 6.61 Å². The second-order valence-corrected chi connectivity index (χ2v) is 9.84. The minimum atomic E-state index is -0.850. The first-order chi connectivity index (χ1) is 12.6. The number of rotatable bonds is 8. The number of esters is 1. The minimum Gasteiger partial charge on any atom is -0.449 e. The van der Waals surface area contributed by atoms with E-state index in [1.807, 2.05) is 0 Å². The summed E-state index contributed by atoms with van der Waals surface area (Å²) in [4.78, 5) is 25.8. The lowest BCUT2D eigenvalue weighted by Crippen LogP contribution is -2.45. The number of nitrogens with zero attached hydrogens (tertiary/aromatic N) is 2. The van der Waals surface area contributed by atoms with Crippen molar-refractivity contribution in [1.82, 2.24) is 4.90 Å². The summed E-state index contributed by atoms with van der Waals surface area (Å²) in [6, 6.07) is 7.86. The largest absolute Gasteiger partial charge is 0.449 e. The first kappa shape index (κ1) is 23.0. The lowest BCUT2D eigenvalue weighted by atomic mass is 10.2. The molecule has 0 radical (unpaired) electrons. The molecule has 0 saturated heterocycles. The Balaban J connectivity index is 2.69. The van der Waals surface area contributed by atoms with Crippen LogP contribution < -0.4 is 5.73 Å². The second-order valence-electron chi connectivity index (χ2n) is 6.67. The third-order valence-electron chi connectivity index (χ3n) is 3.18. The number of carbonyl (C=O) groups is 2. The third kappa shape index (κ3) is 8.93. The number of benzene rings is 1. The van der Waals surface area contributed by atoms with Gasteiger partial charge in [-0.05, 0) is 17.7 Å². The Bertz CT molecular complexity index is 669. The van der Waals surface area contributed by atoms with Crippen LogP contribution in [0.5, 0.6) is 0 Å². The first-order valence-corrected chi connectivity index (χ1v) is 10.5. The molecule has 148 valence electrons. The Kier molecular flexibility index (Phi) is 9.32. The van der Waals surface area contributed by atoms with Gasteiger partial charge in [-0.2, -0.15) is 5.26 Å². The molecule has 1 aromatic rings. The molecular formula is C18H25N3O4S2. The molecule has 2 N–H and O–H groups in total. The summed E-state index contributed by atoms with van der Waals surface area (Å²) in [7, 11) is 4.54. The number of anilines is 1. The highest BCUT2D eigenvalue weighted by Crippen LogP contribution is 2.35. The molecule has 0 aliphatic heterocycles. The van der Waals surface area contributed by atoms with Crippen LogP contribution in [0.15, 0.2) is 24.3 Å². The van der Waals surface area contributed by atoms with Gasteiger partial charge in [-0.15, -0.1) is 0 Å². The van der Waals surface area contributed by atoms with Crippen molar-refractivity contribution in [2.45, 2.75) is 38.2 Å². The van der Waals surface area contributed by atoms with Gasteiger partial charge in [0.05, 0.1) is 0 Å². The first-order valence-electron chi connectivity index (χ1n) is 8.22. The van der Waals surface area contributed by atoms with E-state index in [4.69, 9.17) is 20.5 Å². The van der Waals surface area contributed by atoms with Gasteiger partial charge >= 0.3 is 12.1 Å². The van der Waals surface area contributed by atoms with E-state index < -0.39 is 18.1 Å². The fraction of sp³-hybridized carbons (Fsp3) is 0.500. The van der Waals surface area contributed by atoms with E-state index in [9.17, 15) is 9.59 Å². The average Bonchev–Trinajstić information content (AvgIpc) is 2.61. The van der Waals surface area contributed by atoms with Crippen molar-refractivity contribution in [2.75, 3.05) is 25.1 Å². The van der Waals surface area contributed by atoms with Gasteiger partial charge in [-0.1, -0.05) is 54.5 Å². The van der Waals surface area contributed by atoms with Gasteiger partial charge in [0.25, 0.3) is 0 Å². The highest BCUT2D eigenvalue weighted by molar-refractivity contribution is 8.77. The second kappa shape index (κ2) is 10.9. The zero-order valence-electron chi connectivity index (χ0n) is 15.9. The zero-order valence-corrected chi connectivity index (χ0v) is 17.6. The van der Waals surface area contributed by atoms with E-state index >= 15 is 0 Å². The molecule has 0 bridgehead atoms. The van der Waals surface area contributed by atoms with Gasteiger partial charge in [0.1, 0.15) is 18.7 Å². The summed E-state index contributed by atoms with van der Waals surface area (Å²) >= 11 is 0. The van der Waals surface area contributed by atoms with Crippen LogP contribution in [0.4, 0.5) is 10.5 Å². The quantitative estimate of drug-likeness (QED) is 0.394. The van der Waals surface area contributed by atoms with Crippen molar-refractivity contribution in [3.63, 3.8) is 0 Å². The van der Waals surface area contributed by atoms with Crippen LogP contribution >= 0.6 is 21.6 Å². The number of likely N-dealkylation sites (N-methyl/N-ethyl adjacent to an activating group) is 1. The number of nitriles is 1. The molecule has 7 nitrogen and oxygen atoms in total. The van der Waals surface area contributed by atoms with Crippen LogP contribution in [0.3, 0.4) is 0 Å². The number of hydrogen-bond donors (Lipinski definition) is 1. The average molecular weight is 412 g/mol. The molecule has 1 atom stereocenters. The van der Waals surface area contributed by atoms with Crippen molar-refractivity contribution >= 4 is 39.3 Å². The maximum absolute atomic E-state index is 12.4. The molecule has 0 spiro atoms. The number of carbonyl (C=O) groups excluding carboxylic acids is 2. The number of nitrogens with two attached hydrogens (primary N) is 1. The predicted octanol–water partition coefficient (Wildman–Crippen LogP) is 3.45. The fourth-order valence-electron chi connectivity index (χ4n) is 1.80. The van der Waals surface area contributed by atoms with Crippen LogP contribution in [0.25, 0.3) is 0 Å². The normalized spacial score (nSPS) is 12.0. The molecule has 0 heterocycles. The molecule has 1 amide bonds. The molecular weight excluding hydrogens is 386 g/mol. The van der Waals surface area contributed by atoms with E-state index in [0.29, 0.717) is 11.4 Å². The zero-order chi connectivity index (χ0) is 20.4.